The molecule has 0 unspecified atom stereocenters. The fraction of sp³-hybridized carbons (Fsp3) is 0.400. The van der Waals surface area contributed by atoms with Crippen molar-refractivity contribution < 1.29 is 27.6 Å². The number of hydrogen-bond donors (Lipinski definition) is 1. The lowest BCUT2D eigenvalue weighted by atomic mass is 10.2. The second kappa shape index (κ2) is 5.83. The maximum Gasteiger partial charge on any atom is 0.405 e. The van der Waals surface area contributed by atoms with Crippen LogP contribution in [0.2, 0.25) is 0 Å². The molecule has 0 aliphatic carbocycles. The Kier molecular flexibility index (Phi) is 4.65. The molecule has 0 saturated heterocycles. The van der Waals surface area contributed by atoms with Crippen LogP contribution in [0, 0.1) is 15.9 Å². The zero-order valence-corrected chi connectivity index (χ0v) is 9.52. The van der Waals surface area contributed by atoms with Crippen molar-refractivity contribution in [1.29, 1.82) is 0 Å². The Hall–Kier alpha value is -1.90. The van der Waals surface area contributed by atoms with Gasteiger partial charge in [0.25, 0.3) is 5.69 Å². The summed E-state index contributed by atoms with van der Waals surface area (Å²) in [5, 5.41) is 19.1. The van der Waals surface area contributed by atoms with Gasteiger partial charge >= 0.3 is 6.18 Å². The number of nitrogens with zero attached hydrogens (tertiary/aromatic N) is 2. The van der Waals surface area contributed by atoms with Crippen LogP contribution in [0.3, 0.4) is 0 Å². The number of rotatable bonds is 5. The SMILES string of the molecule is O=[N+]([O-])c1ccc(N(CCO)CC(F)(F)F)c(F)c1. The molecular weight excluding hydrogens is 272 g/mol. The fourth-order valence-corrected chi connectivity index (χ4v) is 1.49. The summed E-state index contributed by atoms with van der Waals surface area (Å²) < 4.78 is 50.5. The van der Waals surface area contributed by atoms with Gasteiger partial charge < -0.3 is 10.0 Å². The normalized spacial score (nSPS) is 11.4. The van der Waals surface area contributed by atoms with Crippen LogP contribution in [0.5, 0.6) is 0 Å². The molecule has 0 aromatic heterocycles. The number of aliphatic hydroxyl groups excluding tert-OH is 1. The molecular formula is C10H10F4N2O3. The number of benzene rings is 1. The average Bonchev–Trinajstić information content (AvgIpc) is 2.26. The van der Waals surface area contributed by atoms with Gasteiger partial charge in [-0.15, -0.1) is 0 Å². The molecule has 1 aromatic carbocycles. The van der Waals surface area contributed by atoms with Gasteiger partial charge in [-0.2, -0.15) is 13.2 Å². The minimum atomic E-state index is -4.58. The third-order valence-corrected chi connectivity index (χ3v) is 2.22. The van der Waals surface area contributed by atoms with E-state index in [9.17, 15) is 27.7 Å². The highest BCUT2D eigenvalue weighted by atomic mass is 19.4. The van der Waals surface area contributed by atoms with E-state index in [1.165, 1.54) is 0 Å². The second-order valence-electron chi connectivity index (χ2n) is 3.65. The van der Waals surface area contributed by atoms with Crippen LogP contribution >= 0.6 is 0 Å². The highest BCUT2D eigenvalue weighted by molar-refractivity contribution is 5.52. The van der Waals surface area contributed by atoms with Crippen LogP contribution < -0.4 is 4.90 Å². The number of hydrogen-bond acceptors (Lipinski definition) is 4. The number of nitro groups is 1. The van der Waals surface area contributed by atoms with Crippen molar-refractivity contribution in [3.8, 4) is 0 Å². The number of aliphatic hydroxyl groups is 1. The first kappa shape index (κ1) is 15.2. The molecule has 1 N–H and O–H groups in total. The average molecular weight is 282 g/mol. The van der Waals surface area contributed by atoms with E-state index in [2.05, 4.69) is 0 Å². The summed E-state index contributed by atoms with van der Waals surface area (Å²) in [4.78, 5) is 10.1. The highest BCUT2D eigenvalue weighted by Gasteiger charge is 2.31. The van der Waals surface area contributed by atoms with Gasteiger partial charge in [-0.25, -0.2) is 4.39 Å². The van der Waals surface area contributed by atoms with E-state index in [0.717, 1.165) is 12.1 Å². The van der Waals surface area contributed by atoms with Crippen molar-refractivity contribution in [2.24, 2.45) is 0 Å². The molecule has 0 aliphatic heterocycles. The molecule has 1 rings (SSSR count). The summed E-state index contributed by atoms with van der Waals surface area (Å²) in [6, 6.07) is 2.32. The van der Waals surface area contributed by atoms with Crippen molar-refractivity contribution in [3.63, 3.8) is 0 Å². The molecule has 0 radical (unpaired) electrons. The molecule has 1 aromatic rings. The maximum absolute atomic E-state index is 13.6. The van der Waals surface area contributed by atoms with Gasteiger partial charge in [-0.05, 0) is 6.07 Å². The van der Waals surface area contributed by atoms with Crippen LogP contribution in [-0.2, 0) is 0 Å². The Labute approximate surface area is 105 Å². The zero-order chi connectivity index (χ0) is 14.6. The summed E-state index contributed by atoms with van der Waals surface area (Å²) >= 11 is 0. The van der Waals surface area contributed by atoms with Crippen LogP contribution in [0.15, 0.2) is 18.2 Å². The molecule has 0 heterocycles. The number of anilines is 1. The molecule has 9 heteroatoms. The maximum atomic E-state index is 13.6. The van der Waals surface area contributed by atoms with Crippen molar-refractivity contribution >= 4 is 11.4 Å². The quantitative estimate of drug-likeness (QED) is 0.510. The van der Waals surface area contributed by atoms with Crippen LogP contribution in [0.1, 0.15) is 0 Å². The van der Waals surface area contributed by atoms with Crippen LogP contribution in [0.4, 0.5) is 28.9 Å². The van der Waals surface area contributed by atoms with E-state index < -0.39 is 48.0 Å². The van der Waals surface area contributed by atoms with E-state index in [-0.39, 0.29) is 0 Å². The zero-order valence-electron chi connectivity index (χ0n) is 9.52. The summed E-state index contributed by atoms with van der Waals surface area (Å²) in [5.74, 6) is -1.15. The third-order valence-electron chi connectivity index (χ3n) is 2.22. The van der Waals surface area contributed by atoms with Gasteiger partial charge in [-0.1, -0.05) is 0 Å². The first-order valence-electron chi connectivity index (χ1n) is 5.11. The Bertz CT molecular complexity index is 465. The summed E-state index contributed by atoms with van der Waals surface area (Å²) in [6.45, 7) is -2.50. The molecule has 0 fully saturated rings. The summed E-state index contributed by atoms with van der Waals surface area (Å²) in [7, 11) is 0. The first-order chi connectivity index (χ1) is 8.74. The Morgan fingerprint density at radius 1 is 1.37 bits per heavy atom. The largest absolute Gasteiger partial charge is 0.405 e. The lowest BCUT2D eigenvalue weighted by Gasteiger charge is -2.25. The third kappa shape index (κ3) is 4.36. The monoisotopic (exact) mass is 282 g/mol. The number of alkyl halides is 3. The Morgan fingerprint density at radius 3 is 2.42 bits per heavy atom. The van der Waals surface area contributed by atoms with Crippen LogP contribution in [-0.4, -0.2) is 35.9 Å². The second-order valence-corrected chi connectivity index (χ2v) is 3.65. The fourth-order valence-electron chi connectivity index (χ4n) is 1.49. The van der Waals surface area contributed by atoms with Gasteiger partial charge in [0.1, 0.15) is 6.54 Å². The Balaban J connectivity index is 3.06. The molecule has 19 heavy (non-hydrogen) atoms. The molecule has 0 atom stereocenters. The molecule has 0 amide bonds. The van der Waals surface area contributed by atoms with Gasteiger partial charge in [0.2, 0.25) is 0 Å². The van der Waals surface area contributed by atoms with E-state index in [4.69, 9.17) is 5.11 Å². The van der Waals surface area contributed by atoms with E-state index in [1.807, 2.05) is 0 Å². The van der Waals surface area contributed by atoms with Gasteiger partial charge in [-0.3, -0.25) is 10.1 Å². The predicted molar refractivity (Wildman–Crippen MR) is 58.4 cm³/mol. The van der Waals surface area contributed by atoms with Crippen molar-refractivity contribution in [3.05, 3.63) is 34.1 Å². The molecule has 0 bridgehead atoms. The smallest absolute Gasteiger partial charge is 0.395 e. The van der Waals surface area contributed by atoms with Crippen molar-refractivity contribution in [1.82, 2.24) is 0 Å². The number of non-ortho nitro benzene ring substituents is 1. The Morgan fingerprint density at radius 2 is 2.00 bits per heavy atom. The molecule has 0 saturated carbocycles. The van der Waals surface area contributed by atoms with E-state index >= 15 is 0 Å². The van der Waals surface area contributed by atoms with E-state index in [0.29, 0.717) is 11.0 Å². The lowest BCUT2D eigenvalue weighted by Crippen LogP contribution is -2.36. The standard InChI is InChI=1S/C10H10F4N2O3/c11-8-5-7(16(18)19)1-2-9(8)15(3-4-17)6-10(12,13)14/h1-2,5,17H,3-4,6H2. The number of halogens is 4. The van der Waals surface area contributed by atoms with Crippen molar-refractivity contribution in [2.45, 2.75) is 6.18 Å². The number of nitro benzene ring substituents is 1. The highest BCUT2D eigenvalue weighted by Crippen LogP contribution is 2.27. The lowest BCUT2D eigenvalue weighted by molar-refractivity contribution is -0.385. The molecule has 5 nitrogen and oxygen atoms in total. The van der Waals surface area contributed by atoms with Gasteiger partial charge in [0.05, 0.1) is 23.3 Å². The van der Waals surface area contributed by atoms with Gasteiger partial charge in [0, 0.05) is 12.6 Å². The summed E-state index contributed by atoms with van der Waals surface area (Å²) in [6.07, 6.45) is -4.58. The van der Waals surface area contributed by atoms with Gasteiger partial charge in [0.15, 0.2) is 5.82 Å². The minimum absolute atomic E-state index is 0.436. The minimum Gasteiger partial charge on any atom is -0.395 e. The first-order valence-corrected chi connectivity index (χ1v) is 5.11. The molecule has 106 valence electrons. The summed E-state index contributed by atoms with van der Waals surface area (Å²) in [5.41, 5.74) is -1.01. The predicted octanol–water partition coefficient (Wildman–Crippen LogP) is 2.09. The van der Waals surface area contributed by atoms with Crippen molar-refractivity contribution in [2.75, 3.05) is 24.6 Å². The molecule has 0 spiro atoms. The topological polar surface area (TPSA) is 66.6 Å². The van der Waals surface area contributed by atoms with E-state index in [1.54, 1.807) is 0 Å². The molecule has 0 aliphatic rings. The van der Waals surface area contributed by atoms with Crippen LogP contribution in [0.25, 0.3) is 0 Å².